The number of aromatic nitrogens is 2. The van der Waals surface area contributed by atoms with Gasteiger partial charge in [0.15, 0.2) is 0 Å². The van der Waals surface area contributed by atoms with Gasteiger partial charge < -0.3 is 15.5 Å². The Kier molecular flexibility index (Phi) is 6.10. The number of hydrogen-bond acceptors (Lipinski definition) is 5. The first-order valence-electron chi connectivity index (χ1n) is 11.1. The third kappa shape index (κ3) is 4.43. The number of carbonyl (C=O) groups is 2. The lowest BCUT2D eigenvalue weighted by Crippen LogP contribution is -2.35. The summed E-state index contributed by atoms with van der Waals surface area (Å²) in [6.45, 7) is 3.96. The molecular weight excluding hydrogens is 454 g/mol. The minimum absolute atomic E-state index is 0.0400. The summed E-state index contributed by atoms with van der Waals surface area (Å²) in [5, 5.41) is 0.411. The summed E-state index contributed by atoms with van der Waals surface area (Å²) in [6, 6.07) is 11.5. The molecule has 2 aromatic heterocycles. The number of benzene rings is 2. The zero-order chi connectivity index (χ0) is 24.5. The number of nitrogens with zero attached hydrogens (tertiary/aromatic N) is 2. The number of amides is 1. The molecule has 1 saturated heterocycles. The van der Waals surface area contributed by atoms with E-state index in [4.69, 9.17) is 10.5 Å². The maximum absolute atomic E-state index is 14.8. The summed E-state index contributed by atoms with van der Waals surface area (Å²) in [6.07, 6.45) is 3.03. The average molecular weight is 476 g/mol. The number of morpholine rings is 1. The van der Waals surface area contributed by atoms with Gasteiger partial charge in [-0.15, -0.1) is 0 Å². The van der Waals surface area contributed by atoms with Crippen LogP contribution in [0.4, 0.5) is 8.78 Å². The van der Waals surface area contributed by atoms with Crippen molar-refractivity contribution in [2.75, 3.05) is 26.3 Å². The van der Waals surface area contributed by atoms with E-state index in [9.17, 15) is 18.4 Å². The van der Waals surface area contributed by atoms with Crippen LogP contribution in [-0.4, -0.2) is 52.9 Å². The monoisotopic (exact) mass is 476 g/mol. The second-order valence-electron chi connectivity index (χ2n) is 8.39. The predicted molar refractivity (Wildman–Crippen MR) is 126 cm³/mol. The third-order valence-electron chi connectivity index (χ3n) is 6.13. The summed E-state index contributed by atoms with van der Waals surface area (Å²) < 4.78 is 34.7. The molecule has 4 aromatic rings. The fourth-order valence-corrected chi connectivity index (χ4v) is 4.30. The van der Waals surface area contributed by atoms with Gasteiger partial charge in [0.25, 0.3) is 5.91 Å². The van der Waals surface area contributed by atoms with Crippen LogP contribution >= 0.6 is 0 Å². The molecule has 0 bridgehead atoms. The number of nitrogens with one attached hydrogen (secondary N) is 1. The molecule has 35 heavy (non-hydrogen) atoms. The van der Waals surface area contributed by atoms with Crippen molar-refractivity contribution >= 4 is 22.7 Å². The first-order valence-corrected chi connectivity index (χ1v) is 11.1. The lowest BCUT2D eigenvalue weighted by Gasteiger charge is -2.26. The smallest absolute Gasteiger partial charge is 0.251 e. The van der Waals surface area contributed by atoms with Crippen molar-refractivity contribution in [3.05, 3.63) is 88.7 Å². The number of fused-ring (bicyclic) bond motifs is 1. The molecule has 1 amide bonds. The van der Waals surface area contributed by atoms with E-state index < -0.39 is 34.5 Å². The Hall–Kier alpha value is -3.95. The summed E-state index contributed by atoms with van der Waals surface area (Å²) >= 11 is 0. The number of rotatable bonds is 6. The molecule has 178 valence electrons. The number of nitrogens with two attached hydrogens (primary N) is 1. The van der Waals surface area contributed by atoms with Crippen molar-refractivity contribution in [3.8, 4) is 11.1 Å². The molecule has 0 spiro atoms. The van der Waals surface area contributed by atoms with Gasteiger partial charge in [0.2, 0.25) is 5.78 Å². The molecule has 0 atom stereocenters. The molecule has 5 rings (SSSR count). The van der Waals surface area contributed by atoms with Crippen LogP contribution in [0.3, 0.4) is 0 Å². The molecule has 0 unspecified atom stereocenters. The van der Waals surface area contributed by atoms with Gasteiger partial charge in [0.05, 0.1) is 24.3 Å². The number of ketones is 1. The predicted octanol–water partition coefficient (Wildman–Crippen LogP) is 3.67. The van der Waals surface area contributed by atoms with E-state index in [0.717, 1.165) is 48.5 Å². The van der Waals surface area contributed by atoms with Crippen molar-refractivity contribution in [2.24, 2.45) is 5.73 Å². The van der Waals surface area contributed by atoms with Gasteiger partial charge in [-0.25, -0.2) is 13.8 Å². The quantitative estimate of drug-likeness (QED) is 0.414. The normalized spacial score (nSPS) is 14.3. The molecule has 0 radical (unpaired) electrons. The number of carbonyl (C=O) groups excluding carboxylic acids is 2. The topological polar surface area (TPSA) is 101 Å². The van der Waals surface area contributed by atoms with E-state index in [-0.39, 0.29) is 5.56 Å². The van der Waals surface area contributed by atoms with Crippen molar-refractivity contribution in [1.82, 2.24) is 14.9 Å². The number of hydrogen-bond donors (Lipinski definition) is 2. The highest BCUT2D eigenvalue weighted by Crippen LogP contribution is 2.29. The molecule has 1 fully saturated rings. The number of pyridine rings is 1. The zero-order valence-corrected chi connectivity index (χ0v) is 18.7. The Morgan fingerprint density at radius 2 is 1.86 bits per heavy atom. The van der Waals surface area contributed by atoms with Gasteiger partial charge in [0.1, 0.15) is 17.3 Å². The van der Waals surface area contributed by atoms with Gasteiger partial charge in [-0.3, -0.25) is 14.5 Å². The minimum Gasteiger partial charge on any atom is -0.379 e. The Bertz CT molecular complexity index is 1440. The van der Waals surface area contributed by atoms with Crippen LogP contribution in [0, 0.1) is 11.6 Å². The first-order chi connectivity index (χ1) is 16.9. The van der Waals surface area contributed by atoms with Crippen LogP contribution in [0.15, 0.2) is 54.9 Å². The van der Waals surface area contributed by atoms with Gasteiger partial charge >= 0.3 is 0 Å². The summed E-state index contributed by atoms with van der Waals surface area (Å²) in [7, 11) is 0. The fraction of sp³-hybridized carbons (Fsp3) is 0.192. The Balaban J connectivity index is 1.51. The highest BCUT2D eigenvalue weighted by molar-refractivity contribution is 6.17. The largest absolute Gasteiger partial charge is 0.379 e. The van der Waals surface area contributed by atoms with Gasteiger partial charge in [-0.05, 0) is 35.4 Å². The molecule has 0 saturated carbocycles. The van der Waals surface area contributed by atoms with Crippen LogP contribution in [0.5, 0.6) is 0 Å². The molecule has 9 heteroatoms. The van der Waals surface area contributed by atoms with Gasteiger partial charge in [0, 0.05) is 48.5 Å². The molecule has 0 aliphatic carbocycles. The number of halogens is 2. The fourth-order valence-electron chi connectivity index (χ4n) is 4.30. The van der Waals surface area contributed by atoms with E-state index >= 15 is 0 Å². The zero-order valence-electron chi connectivity index (χ0n) is 18.7. The molecule has 3 N–H and O–H groups in total. The van der Waals surface area contributed by atoms with Crippen LogP contribution in [-0.2, 0) is 11.3 Å². The highest BCUT2D eigenvalue weighted by atomic mass is 19.1. The standard InChI is InChI=1S/C26H22F2N4O3/c27-21-5-4-18(25(29)34)23(28)22(21)24(33)20-13-31-26-19(20)11-17(12-30-26)16-3-1-2-15(10-16)14-32-6-8-35-9-7-32/h1-5,10-13H,6-9,14H2,(H2,29,34)(H,30,31). The van der Waals surface area contributed by atoms with Crippen LogP contribution in [0.1, 0.15) is 31.8 Å². The molecule has 3 heterocycles. The number of aromatic amines is 1. The van der Waals surface area contributed by atoms with Crippen molar-refractivity contribution in [3.63, 3.8) is 0 Å². The van der Waals surface area contributed by atoms with Crippen molar-refractivity contribution < 1.29 is 23.1 Å². The lowest BCUT2D eigenvalue weighted by molar-refractivity contribution is 0.0342. The average Bonchev–Trinajstić information content (AvgIpc) is 3.28. The molecule has 1 aliphatic heterocycles. The van der Waals surface area contributed by atoms with E-state index in [0.29, 0.717) is 24.2 Å². The number of primary amides is 1. The van der Waals surface area contributed by atoms with Gasteiger partial charge in [-0.2, -0.15) is 0 Å². The number of H-pyrrole nitrogens is 1. The summed E-state index contributed by atoms with van der Waals surface area (Å²) in [5.41, 5.74) is 6.99. The Morgan fingerprint density at radius 1 is 1.06 bits per heavy atom. The molecule has 1 aliphatic rings. The summed E-state index contributed by atoms with van der Waals surface area (Å²) in [5.74, 6) is -4.35. The maximum atomic E-state index is 14.8. The highest BCUT2D eigenvalue weighted by Gasteiger charge is 2.26. The lowest BCUT2D eigenvalue weighted by atomic mass is 9.98. The minimum atomic E-state index is -1.28. The van der Waals surface area contributed by atoms with Crippen LogP contribution in [0.25, 0.3) is 22.2 Å². The SMILES string of the molecule is NC(=O)c1ccc(F)c(C(=O)c2c[nH]c3ncc(-c4cccc(CN5CCOCC5)c4)cc23)c1F. The first kappa shape index (κ1) is 22.8. The van der Waals surface area contributed by atoms with Gasteiger partial charge in [-0.1, -0.05) is 18.2 Å². The van der Waals surface area contributed by atoms with E-state index in [1.54, 1.807) is 12.3 Å². The second-order valence-corrected chi connectivity index (χ2v) is 8.39. The van der Waals surface area contributed by atoms with Crippen LogP contribution in [0.2, 0.25) is 0 Å². The third-order valence-corrected chi connectivity index (χ3v) is 6.13. The number of ether oxygens (including phenoxy) is 1. The Morgan fingerprint density at radius 3 is 2.63 bits per heavy atom. The Labute approximate surface area is 199 Å². The maximum Gasteiger partial charge on any atom is 0.251 e. The molecule has 7 nitrogen and oxygen atoms in total. The van der Waals surface area contributed by atoms with E-state index in [2.05, 4.69) is 20.9 Å². The van der Waals surface area contributed by atoms with E-state index in [1.165, 1.54) is 6.20 Å². The molecule has 2 aromatic carbocycles. The van der Waals surface area contributed by atoms with E-state index in [1.807, 2.05) is 18.2 Å². The van der Waals surface area contributed by atoms with Crippen molar-refractivity contribution in [1.29, 1.82) is 0 Å². The second kappa shape index (κ2) is 9.36. The molecular formula is C26H22F2N4O3. The van der Waals surface area contributed by atoms with Crippen LogP contribution < -0.4 is 5.73 Å². The summed E-state index contributed by atoms with van der Waals surface area (Å²) in [4.78, 5) is 34.2. The van der Waals surface area contributed by atoms with Crippen molar-refractivity contribution in [2.45, 2.75) is 6.54 Å².